The molecule has 0 N–H and O–H groups in total. The summed E-state index contributed by atoms with van der Waals surface area (Å²) in [6.45, 7) is 40.9. The van der Waals surface area contributed by atoms with Crippen molar-refractivity contribution in [2.24, 2.45) is 11.8 Å². The molecule has 3 saturated heterocycles. The van der Waals surface area contributed by atoms with Crippen LogP contribution in [-0.2, 0) is 27.1 Å². The Morgan fingerprint density at radius 2 is 0.923 bits per heavy atom. The normalized spacial score (nSPS) is 28.2. The topological polar surface area (TPSA) is 113 Å². The molecule has 3 aliphatic heterocycles. The average Bonchev–Trinajstić information content (AvgIpc) is 4.33. The molecular weight excluding hydrogens is 1150 g/mol. The van der Waals surface area contributed by atoms with Crippen LogP contribution in [0.25, 0.3) is 0 Å². The van der Waals surface area contributed by atoms with Gasteiger partial charge >= 0.3 is 0 Å². The second-order valence-corrected chi connectivity index (χ2v) is 35.7. The SMILES string of the molecule is CC.CC.CC(C)N(C(C)C)P(OCCC#N)OC1CSSC12CCCC2.CC(C)N(C(C)C)P(OCCC#N)OC1[C@@H](C)SSC12CCCCC2.CCCOP(OC1C2CCCC2SSC2CCCC21)N(C(C)C)C(C)C. The molecule has 0 aromatic rings. The first kappa shape index (κ1) is 74.3. The average molecular weight is 1260 g/mol. The molecule has 78 heavy (non-hydrogen) atoms. The van der Waals surface area contributed by atoms with E-state index < -0.39 is 25.6 Å². The Kier molecular flexibility index (Phi) is 37.8. The number of hydrogen-bond donors (Lipinski definition) is 0. The number of nitriles is 2. The highest BCUT2D eigenvalue weighted by atomic mass is 33.1. The van der Waals surface area contributed by atoms with E-state index in [4.69, 9.17) is 37.7 Å². The van der Waals surface area contributed by atoms with Gasteiger partial charge in [-0.1, -0.05) is 144 Å². The molecule has 7 aliphatic rings. The van der Waals surface area contributed by atoms with E-state index in [1.165, 1.54) is 96.3 Å². The first-order valence-corrected chi connectivity index (χ1v) is 41.0. The summed E-state index contributed by atoms with van der Waals surface area (Å²) in [5, 5.41) is 19.8. The number of nitrogens with zero attached hydrogens (tertiary/aromatic N) is 5. The molecule has 4 saturated carbocycles. The molecule has 0 bridgehead atoms. The smallest absolute Gasteiger partial charge is 0.259 e. The molecule has 456 valence electrons. The molecule has 0 radical (unpaired) electrons. The molecule has 0 amide bonds. The maximum Gasteiger partial charge on any atom is 0.259 e. The summed E-state index contributed by atoms with van der Waals surface area (Å²) >= 11 is 0. The number of hydrogen-bond acceptors (Lipinski definition) is 17. The highest BCUT2D eigenvalue weighted by Crippen LogP contribution is 2.64. The van der Waals surface area contributed by atoms with Gasteiger partial charge in [-0.3, -0.25) is 0 Å². The summed E-state index contributed by atoms with van der Waals surface area (Å²) in [6, 6.07) is 6.69. The molecule has 0 aromatic heterocycles. The first-order chi connectivity index (χ1) is 37.4. The molecule has 3 heterocycles. The Balaban J connectivity index is 0.000000298. The van der Waals surface area contributed by atoms with Crippen molar-refractivity contribution >= 4 is 90.3 Å². The first-order valence-electron chi connectivity index (χ1n) is 30.8. The van der Waals surface area contributed by atoms with Crippen molar-refractivity contribution in [1.29, 1.82) is 10.5 Å². The predicted molar refractivity (Wildman–Crippen MR) is 352 cm³/mol. The summed E-state index contributed by atoms with van der Waals surface area (Å²) in [5.41, 5.74) is 0. The van der Waals surface area contributed by atoms with Crippen molar-refractivity contribution in [2.45, 2.75) is 320 Å². The van der Waals surface area contributed by atoms with Crippen molar-refractivity contribution in [3.8, 4) is 12.1 Å². The second-order valence-electron chi connectivity index (χ2n) is 23.0. The van der Waals surface area contributed by atoms with Crippen LogP contribution in [0.3, 0.4) is 0 Å². The van der Waals surface area contributed by atoms with Crippen molar-refractivity contribution in [2.75, 3.05) is 25.6 Å². The highest BCUT2D eigenvalue weighted by Gasteiger charge is 2.53. The molecule has 9 unspecified atom stereocenters. The molecule has 11 nitrogen and oxygen atoms in total. The highest BCUT2D eigenvalue weighted by molar-refractivity contribution is 8.78. The van der Waals surface area contributed by atoms with Crippen LogP contribution in [0.15, 0.2) is 0 Å². The van der Waals surface area contributed by atoms with E-state index in [2.05, 4.69) is 155 Å². The summed E-state index contributed by atoms with van der Waals surface area (Å²) in [7, 11) is 9.17. The third-order valence-electron chi connectivity index (χ3n) is 15.3. The summed E-state index contributed by atoms with van der Waals surface area (Å²) in [6.07, 6.45) is 22.7. The molecule has 7 fully saturated rings. The summed E-state index contributed by atoms with van der Waals surface area (Å²) in [4.78, 5) is 0. The van der Waals surface area contributed by atoms with Gasteiger partial charge in [0.05, 0.1) is 72.6 Å². The Labute approximate surface area is 507 Å². The molecule has 7 rings (SSSR count). The van der Waals surface area contributed by atoms with Crippen LogP contribution in [0, 0.1) is 34.5 Å². The molecular formula is C58H112N5O6P3S6. The van der Waals surface area contributed by atoms with Gasteiger partial charge in [-0.15, -0.1) is 0 Å². The van der Waals surface area contributed by atoms with E-state index in [1.807, 2.05) is 60.1 Å². The maximum atomic E-state index is 8.88. The van der Waals surface area contributed by atoms with E-state index in [0.717, 1.165) is 41.1 Å². The molecule has 0 aromatic carbocycles. The third kappa shape index (κ3) is 22.0. The van der Waals surface area contributed by atoms with Gasteiger partial charge < -0.3 is 27.1 Å². The molecule has 10 atom stereocenters. The van der Waals surface area contributed by atoms with Crippen molar-refractivity contribution in [3.63, 3.8) is 0 Å². The fourth-order valence-corrected chi connectivity index (χ4v) is 29.4. The van der Waals surface area contributed by atoms with Crippen molar-refractivity contribution < 1.29 is 27.1 Å². The van der Waals surface area contributed by atoms with E-state index >= 15 is 0 Å². The van der Waals surface area contributed by atoms with Crippen molar-refractivity contribution in [3.05, 3.63) is 0 Å². The number of fused-ring (bicyclic) bond motifs is 2. The minimum absolute atomic E-state index is 0.232. The third-order valence-corrected chi connectivity index (χ3v) is 32.4. The molecule has 2 spiro atoms. The summed E-state index contributed by atoms with van der Waals surface area (Å²) < 4.78 is 46.7. The zero-order chi connectivity index (χ0) is 58.0. The summed E-state index contributed by atoms with van der Waals surface area (Å²) in [5.74, 6) is 2.52. The minimum atomic E-state index is -1.15. The van der Waals surface area contributed by atoms with Crippen LogP contribution in [0.2, 0.25) is 0 Å². The van der Waals surface area contributed by atoms with Gasteiger partial charge in [0.1, 0.15) is 0 Å². The lowest BCUT2D eigenvalue weighted by atomic mass is 9.83. The van der Waals surface area contributed by atoms with Gasteiger partial charge in [-0.25, -0.2) is 14.0 Å². The molecule has 4 aliphatic carbocycles. The molecule has 20 heteroatoms. The van der Waals surface area contributed by atoms with Crippen LogP contribution in [0.1, 0.15) is 240 Å². The Hall–Kier alpha value is 2.01. The maximum absolute atomic E-state index is 8.88. The number of rotatable bonds is 24. The second kappa shape index (κ2) is 39.7. The van der Waals surface area contributed by atoms with E-state index in [0.29, 0.717) is 78.4 Å². The zero-order valence-electron chi connectivity index (χ0n) is 52.1. The lowest BCUT2D eigenvalue weighted by Gasteiger charge is -2.42. The Morgan fingerprint density at radius 1 is 0.513 bits per heavy atom. The quantitative estimate of drug-likeness (QED) is 0.0518. The lowest BCUT2D eigenvalue weighted by molar-refractivity contribution is 0.0573. The van der Waals surface area contributed by atoms with Gasteiger partial charge in [0.2, 0.25) is 0 Å². The Morgan fingerprint density at radius 3 is 1.36 bits per heavy atom. The monoisotopic (exact) mass is 1260 g/mol. The zero-order valence-corrected chi connectivity index (χ0v) is 59.7. The standard InChI is InChI=1S/C20H38NO2PS2.C18H33N2O2PS2.C16H29N2O2PS2.2C2H6/c1-6-13-22-24(21(14(2)3)15(4)5)23-20-16-9-7-11-18(16)25-26-19-12-8-10-17(19)20;1-14(2)20(15(3)4)23(21-13-9-12-19)22-17-16(5)24-25-18(17)10-7-6-8-11-18;1-13(2)18(14(3)4)21(19-11-7-10-17)20-15-12-22-23-16(15)8-5-6-9-16;2*1-2/h14-20H,6-13H2,1-5H3;14-17H,6-11,13H2,1-5H3;13-15H,5-9,11-12H2,1-4H3;2*1-2H3/t;16-,17?,23?;;;/m.1.../s1. The van der Waals surface area contributed by atoms with E-state index in [9.17, 15) is 0 Å². The van der Waals surface area contributed by atoms with E-state index in [1.54, 1.807) is 0 Å². The Bertz CT molecular complexity index is 1620. The van der Waals surface area contributed by atoms with Gasteiger partial charge in [0.15, 0.2) is 0 Å². The van der Waals surface area contributed by atoms with Crippen LogP contribution < -0.4 is 0 Å². The van der Waals surface area contributed by atoms with Gasteiger partial charge in [0.25, 0.3) is 25.6 Å². The van der Waals surface area contributed by atoms with Gasteiger partial charge in [-0.2, -0.15) is 10.5 Å². The largest absolute Gasteiger partial charge is 0.322 e. The van der Waals surface area contributed by atoms with Gasteiger partial charge in [0, 0.05) is 57.8 Å². The van der Waals surface area contributed by atoms with Crippen LogP contribution >= 0.6 is 90.3 Å². The minimum Gasteiger partial charge on any atom is -0.322 e. The predicted octanol–water partition coefficient (Wildman–Crippen LogP) is 20.4. The van der Waals surface area contributed by atoms with Crippen molar-refractivity contribution in [1.82, 2.24) is 14.0 Å². The van der Waals surface area contributed by atoms with Crippen LogP contribution in [0.4, 0.5) is 0 Å². The van der Waals surface area contributed by atoms with Gasteiger partial charge in [-0.05, 0) is 160 Å². The fourth-order valence-electron chi connectivity index (χ4n) is 12.0. The van der Waals surface area contributed by atoms with E-state index in [-0.39, 0.29) is 17.0 Å². The van der Waals surface area contributed by atoms with Crippen LogP contribution in [-0.4, -0.2) is 119 Å². The fraction of sp³-hybridized carbons (Fsp3) is 0.966. The van der Waals surface area contributed by atoms with Crippen LogP contribution in [0.5, 0.6) is 0 Å². The lowest BCUT2D eigenvalue weighted by Crippen LogP contribution is -2.44.